The summed E-state index contributed by atoms with van der Waals surface area (Å²) in [6.45, 7) is 5.77. The quantitative estimate of drug-likeness (QED) is 0.676. The molecular formula is C24H25N3O2. The van der Waals surface area contributed by atoms with E-state index >= 15 is 0 Å². The maximum Gasteiger partial charge on any atom is 0.221 e. The zero-order chi connectivity index (χ0) is 20.6. The predicted molar refractivity (Wildman–Crippen MR) is 114 cm³/mol. The summed E-state index contributed by atoms with van der Waals surface area (Å²) in [4.78, 5) is 32.2. The molecule has 0 radical (unpaired) electrons. The Hall–Kier alpha value is -3.21. The number of ketones is 1. The first-order valence-electron chi connectivity index (χ1n) is 9.86. The van der Waals surface area contributed by atoms with Gasteiger partial charge < -0.3 is 10.3 Å². The highest BCUT2D eigenvalue weighted by atomic mass is 16.1. The van der Waals surface area contributed by atoms with Gasteiger partial charge in [-0.1, -0.05) is 26.0 Å². The van der Waals surface area contributed by atoms with Crippen molar-refractivity contribution in [2.45, 2.75) is 40.0 Å². The first-order valence-corrected chi connectivity index (χ1v) is 9.86. The molecule has 0 atom stereocenters. The number of aromatic amines is 1. The number of Topliss-reactive ketones (excluding diaryl/α,β-unsaturated/α-hetero) is 1. The fourth-order valence-corrected chi connectivity index (χ4v) is 4.24. The second-order valence-corrected chi connectivity index (χ2v) is 8.57. The van der Waals surface area contributed by atoms with E-state index in [1.165, 1.54) is 6.92 Å². The van der Waals surface area contributed by atoms with E-state index in [0.29, 0.717) is 12.8 Å². The van der Waals surface area contributed by atoms with Gasteiger partial charge in [-0.3, -0.25) is 14.6 Å². The lowest BCUT2D eigenvalue weighted by Crippen LogP contribution is -2.27. The highest BCUT2D eigenvalue weighted by molar-refractivity contribution is 6.02. The molecule has 0 aliphatic heterocycles. The molecule has 0 unspecified atom stereocenters. The normalized spacial score (nSPS) is 15.1. The van der Waals surface area contributed by atoms with Gasteiger partial charge >= 0.3 is 0 Å². The number of benzene rings is 1. The number of H-pyrrole nitrogens is 1. The Bertz CT molecular complexity index is 1080. The van der Waals surface area contributed by atoms with Crippen molar-refractivity contribution in [1.82, 2.24) is 9.97 Å². The van der Waals surface area contributed by atoms with Crippen LogP contribution in [0.25, 0.3) is 11.3 Å². The SMILES string of the molecule is CC(=O)Nc1cccc(Cc2c(-c3ccncc3)[nH]c3c2C(=O)CC(C)(C)C3)c1. The summed E-state index contributed by atoms with van der Waals surface area (Å²) in [5.41, 5.74) is 6.64. The molecule has 3 aromatic rings. The number of rotatable bonds is 4. The molecule has 0 fully saturated rings. The van der Waals surface area contributed by atoms with Crippen molar-refractivity contribution in [3.05, 3.63) is 71.2 Å². The molecule has 1 amide bonds. The number of pyridine rings is 1. The van der Waals surface area contributed by atoms with Crippen LogP contribution < -0.4 is 5.32 Å². The lowest BCUT2D eigenvalue weighted by atomic mass is 9.75. The molecule has 0 spiro atoms. The Morgan fingerprint density at radius 2 is 1.93 bits per heavy atom. The highest BCUT2D eigenvalue weighted by Crippen LogP contribution is 2.40. The number of carbonyl (C=O) groups is 2. The van der Waals surface area contributed by atoms with Crippen LogP contribution in [0.1, 0.15) is 54.4 Å². The van der Waals surface area contributed by atoms with Crippen LogP contribution in [0, 0.1) is 5.41 Å². The van der Waals surface area contributed by atoms with E-state index in [9.17, 15) is 9.59 Å². The molecule has 1 aliphatic carbocycles. The molecule has 2 heterocycles. The summed E-state index contributed by atoms with van der Waals surface area (Å²) in [5, 5.41) is 2.83. The Morgan fingerprint density at radius 3 is 2.66 bits per heavy atom. The molecular weight excluding hydrogens is 362 g/mol. The zero-order valence-electron chi connectivity index (χ0n) is 17.0. The number of aromatic nitrogens is 2. The van der Waals surface area contributed by atoms with E-state index in [0.717, 1.165) is 45.7 Å². The molecule has 29 heavy (non-hydrogen) atoms. The summed E-state index contributed by atoms with van der Waals surface area (Å²) in [6.07, 6.45) is 5.54. The van der Waals surface area contributed by atoms with Gasteiger partial charge in [-0.2, -0.15) is 0 Å². The number of anilines is 1. The summed E-state index contributed by atoms with van der Waals surface area (Å²) in [5.74, 6) is 0.0943. The number of nitrogens with one attached hydrogen (secondary N) is 2. The van der Waals surface area contributed by atoms with Crippen molar-refractivity contribution in [3.63, 3.8) is 0 Å². The van der Waals surface area contributed by atoms with Gasteiger partial charge in [0.25, 0.3) is 0 Å². The topological polar surface area (TPSA) is 74.8 Å². The Labute approximate surface area is 170 Å². The average Bonchev–Trinajstić information content (AvgIpc) is 2.99. The van der Waals surface area contributed by atoms with Crippen LogP contribution in [-0.4, -0.2) is 21.7 Å². The summed E-state index contributed by atoms with van der Waals surface area (Å²) >= 11 is 0. The maximum absolute atomic E-state index is 13.1. The molecule has 5 heteroatoms. The molecule has 0 saturated heterocycles. The van der Waals surface area contributed by atoms with Gasteiger partial charge in [0.15, 0.2) is 5.78 Å². The Kier molecular flexibility index (Phi) is 4.82. The molecule has 4 rings (SSSR count). The molecule has 5 nitrogen and oxygen atoms in total. The van der Waals surface area contributed by atoms with Crippen LogP contribution in [-0.2, 0) is 17.6 Å². The van der Waals surface area contributed by atoms with Crippen molar-refractivity contribution in [1.29, 1.82) is 0 Å². The molecule has 0 bridgehead atoms. The zero-order valence-corrected chi connectivity index (χ0v) is 17.0. The summed E-state index contributed by atoms with van der Waals surface area (Å²) in [6, 6.07) is 11.7. The van der Waals surface area contributed by atoms with E-state index in [1.807, 2.05) is 36.4 Å². The standard InChI is InChI=1S/C24H25N3O2/c1-15(28)26-18-6-4-5-16(11-18)12-19-22-20(13-24(2,3)14-21(22)29)27-23(19)17-7-9-25-10-8-17/h4-11,27H,12-14H2,1-3H3,(H,26,28). The van der Waals surface area contributed by atoms with Crippen LogP contribution in [0.5, 0.6) is 0 Å². The lowest BCUT2D eigenvalue weighted by molar-refractivity contribution is -0.114. The Balaban J connectivity index is 1.81. The van der Waals surface area contributed by atoms with Crippen molar-refractivity contribution in [3.8, 4) is 11.3 Å². The smallest absolute Gasteiger partial charge is 0.221 e. The van der Waals surface area contributed by atoms with Crippen molar-refractivity contribution >= 4 is 17.4 Å². The molecule has 148 valence electrons. The lowest BCUT2D eigenvalue weighted by Gasteiger charge is -2.28. The number of nitrogens with zero attached hydrogens (tertiary/aromatic N) is 1. The second-order valence-electron chi connectivity index (χ2n) is 8.57. The van der Waals surface area contributed by atoms with Crippen molar-refractivity contribution < 1.29 is 9.59 Å². The average molecular weight is 387 g/mol. The van der Waals surface area contributed by atoms with E-state index in [2.05, 4.69) is 29.1 Å². The first-order chi connectivity index (χ1) is 13.8. The van der Waals surface area contributed by atoms with E-state index in [1.54, 1.807) is 12.4 Å². The van der Waals surface area contributed by atoms with Gasteiger partial charge in [0.05, 0.1) is 5.69 Å². The highest BCUT2D eigenvalue weighted by Gasteiger charge is 2.35. The van der Waals surface area contributed by atoms with Gasteiger partial charge in [0, 0.05) is 54.7 Å². The Morgan fingerprint density at radius 1 is 1.17 bits per heavy atom. The number of hydrogen-bond acceptors (Lipinski definition) is 3. The third kappa shape index (κ3) is 3.99. The molecule has 0 saturated carbocycles. The predicted octanol–water partition coefficient (Wildman–Crippen LogP) is 4.78. The van der Waals surface area contributed by atoms with Crippen LogP contribution in [0.15, 0.2) is 48.8 Å². The number of amides is 1. The van der Waals surface area contributed by atoms with Crippen LogP contribution in [0.3, 0.4) is 0 Å². The largest absolute Gasteiger partial charge is 0.358 e. The van der Waals surface area contributed by atoms with Crippen molar-refractivity contribution in [2.75, 3.05) is 5.32 Å². The van der Waals surface area contributed by atoms with Crippen molar-refractivity contribution in [2.24, 2.45) is 5.41 Å². The minimum absolute atomic E-state index is 0.0486. The van der Waals surface area contributed by atoms with Crippen LogP contribution >= 0.6 is 0 Å². The van der Waals surface area contributed by atoms with E-state index in [4.69, 9.17) is 0 Å². The van der Waals surface area contributed by atoms with Crippen LogP contribution in [0.4, 0.5) is 5.69 Å². The van der Waals surface area contributed by atoms with Gasteiger partial charge in [-0.15, -0.1) is 0 Å². The second kappa shape index (κ2) is 7.32. The van der Waals surface area contributed by atoms with Gasteiger partial charge in [-0.05, 0) is 47.2 Å². The van der Waals surface area contributed by atoms with Crippen LogP contribution in [0.2, 0.25) is 0 Å². The number of hydrogen-bond donors (Lipinski definition) is 2. The monoisotopic (exact) mass is 387 g/mol. The molecule has 1 aromatic carbocycles. The molecule has 1 aliphatic rings. The minimum Gasteiger partial charge on any atom is -0.358 e. The van der Waals surface area contributed by atoms with Gasteiger partial charge in [-0.25, -0.2) is 0 Å². The molecule has 2 N–H and O–H groups in total. The first kappa shape index (κ1) is 19.1. The fraction of sp³-hybridized carbons (Fsp3) is 0.292. The minimum atomic E-state index is -0.101. The third-order valence-corrected chi connectivity index (χ3v) is 5.35. The third-order valence-electron chi connectivity index (χ3n) is 5.35. The van der Waals surface area contributed by atoms with E-state index in [-0.39, 0.29) is 17.1 Å². The molecule has 2 aromatic heterocycles. The van der Waals surface area contributed by atoms with Gasteiger partial charge in [0.2, 0.25) is 5.91 Å². The number of fused-ring (bicyclic) bond motifs is 1. The number of carbonyl (C=O) groups excluding carboxylic acids is 2. The summed E-state index contributed by atoms with van der Waals surface area (Å²) in [7, 11) is 0. The van der Waals surface area contributed by atoms with E-state index < -0.39 is 0 Å². The summed E-state index contributed by atoms with van der Waals surface area (Å²) < 4.78 is 0. The fourth-order valence-electron chi connectivity index (χ4n) is 4.24. The van der Waals surface area contributed by atoms with Gasteiger partial charge in [0.1, 0.15) is 0 Å². The maximum atomic E-state index is 13.1.